The summed E-state index contributed by atoms with van der Waals surface area (Å²) in [4.78, 5) is 4.48. The maximum atomic E-state index is 6.12. The van der Waals surface area contributed by atoms with E-state index in [9.17, 15) is 0 Å². The Morgan fingerprint density at radius 3 is 2.70 bits per heavy atom. The Balaban J connectivity index is 1.95. The van der Waals surface area contributed by atoms with Gasteiger partial charge in [0.25, 0.3) is 0 Å². The normalized spacial score (nSPS) is 11.9. The third-order valence-corrected chi connectivity index (χ3v) is 4.22. The summed E-state index contributed by atoms with van der Waals surface area (Å²) in [6.07, 6.45) is 2.86. The van der Waals surface area contributed by atoms with Crippen LogP contribution < -0.4 is 4.43 Å². The maximum absolute atomic E-state index is 6.12. The predicted octanol–water partition coefficient (Wildman–Crippen LogP) is 4.62. The summed E-state index contributed by atoms with van der Waals surface area (Å²) in [6, 6.07) is 10.4. The standard InChI is InChI=1S/C16H21NOSSi/c1-20(2,3)18-16-7-5-4-6-15(16)8-10-17-12-14-9-11-19-13-14/h4-7,9,11-13H,8,10H2,1-3H3. The topological polar surface area (TPSA) is 21.6 Å². The summed E-state index contributed by atoms with van der Waals surface area (Å²) >= 11 is 1.70. The van der Waals surface area contributed by atoms with Gasteiger partial charge < -0.3 is 4.43 Å². The molecule has 20 heavy (non-hydrogen) atoms. The van der Waals surface area contributed by atoms with E-state index >= 15 is 0 Å². The van der Waals surface area contributed by atoms with Crippen molar-refractivity contribution in [3.63, 3.8) is 0 Å². The quantitative estimate of drug-likeness (QED) is 0.563. The van der Waals surface area contributed by atoms with Crippen molar-refractivity contribution < 1.29 is 4.43 Å². The molecule has 0 saturated heterocycles. The van der Waals surface area contributed by atoms with Crippen molar-refractivity contribution in [1.29, 1.82) is 0 Å². The molecule has 2 aromatic rings. The number of aliphatic imine (C=N–C) groups is 1. The zero-order chi connectivity index (χ0) is 14.4. The molecule has 0 aliphatic rings. The number of para-hydroxylation sites is 1. The summed E-state index contributed by atoms with van der Waals surface area (Å²) in [5, 5.41) is 4.17. The van der Waals surface area contributed by atoms with Gasteiger partial charge in [-0.05, 0) is 54.5 Å². The Hall–Kier alpha value is -1.39. The predicted molar refractivity (Wildman–Crippen MR) is 90.9 cm³/mol. The monoisotopic (exact) mass is 303 g/mol. The van der Waals surface area contributed by atoms with E-state index in [0.29, 0.717) is 0 Å². The van der Waals surface area contributed by atoms with Crippen molar-refractivity contribution in [3.05, 3.63) is 52.2 Å². The molecule has 0 spiro atoms. The highest BCUT2D eigenvalue weighted by Crippen LogP contribution is 2.22. The summed E-state index contributed by atoms with van der Waals surface area (Å²) in [5.41, 5.74) is 2.43. The second kappa shape index (κ2) is 6.86. The lowest BCUT2D eigenvalue weighted by molar-refractivity contribution is 0.549. The highest BCUT2D eigenvalue weighted by molar-refractivity contribution is 7.08. The number of nitrogens with zero attached hydrogens (tertiary/aromatic N) is 1. The Labute approximate surface area is 126 Å². The van der Waals surface area contributed by atoms with Crippen LogP contribution in [0.1, 0.15) is 11.1 Å². The fourth-order valence-corrected chi connectivity index (χ4v) is 3.31. The molecule has 0 atom stereocenters. The summed E-state index contributed by atoms with van der Waals surface area (Å²) in [6.45, 7) is 7.41. The van der Waals surface area contributed by atoms with E-state index in [1.165, 1.54) is 11.1 Å². The first-order valence-electron chi connectivity index (χ1n) is 6.83. The van der Waals surface area contributed by atoms with Gasteiger partial charge in [-0.25, -0.2) is 0 Å². The molecular formula is C16H21NOSSi. The van der Waals surface area contributed by atoms with Crippen molar-refractivity contribution in [2.45, 2.75) is 26.1 Å². The average molecular weight is 304 g/mol. The maximum Gasteiger partial charge on any atom is 0.242 e. The largest absolute Gasteiger partial charge is 0.544 e. The minimum atomic E-state index is -1.56. The van der Waals surface area contributed by atoms with Crippen molar-refractivity contribution in [2.75, 3.05) is 6.54 Å². The van der Waals surface area contributed by atoms with Gasteiger partial charge in [-0.2, -0.15) is 11.3 Å². The van der Waals surface area contributed by atoms with Gasteiger partial charge in [0.05, 0.1) is 0 Å². The number of benzene rings is 1. The Morgan fingerprint density at radius 1 is 1.20 bits per heavy atom. The molecule has 0 N–H and O–H groups in total. The van der Waals surface area contributed by atoms with Crippen LogP contribution in [0, 0.1) is 0 Å². The lowest BCUT2D eigenvalue weighted by Gasteiger charge is -2.21. The first kappa shape index (κ1) is 15.0. The smallest absolute Gasteiger partial charge is 0.242 e. The van der Waals surface area contributed by atoms with Crippen molar-refractivity contribution >= 4 is 25.9 Å². The van der Waals surface area contributed by atoms with Gasteiger partial charge in [0.1, 0.15) is 5.75 Å². The lowest BCUT2D eigenvalue weighted by atomic mass is 10.1. The minimum absolute atomic E-state index is 0.794. The van der Waals surface area contributed by atoms with E-state index < -0.39 is 8.32 Å². The van der Waals surface area contributed by atoms with Gasteiger partial charge in [-0.3, -0.25) is 4.99 Å². The highest BCUT2D eigenvalue weighted by Gasteiger charge is 2.17. The second-order valence-electron chi connectivity index (χ2n) is 5.66. The van der Waals surface area contributed by atoms with E-state index in [2.05, 4.69) is 59.7 Å². The molecule has 0 saturated carbocycles. The summed E-state index contributed by atoms with van der Waals surface area (Å²) < 4.78 is 6.12. The first-order chi connectivity index (χ1) is 9.54. The molecule has 1 aromatic heterocycles. The Morgan fingerprint density at radius 2 is 2.00 bits per heavy atom. The fourth-order valence-electron chi connectivity index (χ4n) is 1.84. The molecule has 0 aliphatic heterocycles. The second-order valence-corrected chi connectivity index (χ2v) is 10.9. The van der Waals surface area contributed by atoms with Crippen molar-refractivity contribution in [2.24, 2.45) is 4.99 Å². The van der Waals surface area contributed by atoms with Crippen LogP contribution in [0.15, 0.2) is 46.1 Å². The van der Waals surface area contributed by atoms with E-state index in [-0.39, 0.29) is 0 Å². The van der Waals surface area contributed by atoms with E-state index in [1.54, 1.807) is 11.3 Å². The van der Waals surface area contributed by atoms with Crippen LogP contribution in [-0.2, 0) is 6.42 Å². The first-order valence-corrected chi connectivity index (χ1v) is 11.2. The Kier molecular flexibility index (Phi) is 5.15. The van der Waals surface area contributed by atoms with Crippen LogP contribution in [0.4, 0.5) is 0 Å². The fraction of sp³-hybridized carbons (Fsp3) is 0.312. The highest BCUT2D eigenvalue weighted by atomic mass is 32.1. The molecule has 1 aromatic carbocycles. The van der Waals surface area contributed by atoms with Crippen LogP contribution in [0.2, 0.25) is 19.6 Å². The Bertz CT molecular complexity index is 558. The van der Waals surface area contributed by atoms with Gasteiger partial charge in [-0.15, -0.1) is 0 Å². The molecule has 0 fully saturated rings. The number of rotatable bonds is 6. The van der Waals surface area contributed by atoms with Crippen LogP contribution in [0.3, 0.4) is 0 Å². The number of hydrogen-bond donors (Lipinski definition) is 0. The third kappa shape index (κ3) is 4.94. The SMILES string of the molecule is C[Si](C)(C)Oc1ccccc1CCN=Cc1ccsc1. The van der Waals surface area contributed by atoms with Crippen molar-refractivity contribution in [1.82, 2.24) is 0 Å². The van der Waals surface area contributed by atoms with Gasteiger partial charge >= 0.3 is 0 Å². The van der Waals surface area contributed by atoms with E-state index in [4.69, 9.17) is 4.43 Å². The molecule has 2 rings (SSSR count). The molecule has 0 radical (unpaired) electrons. The third-order valence-electron chi connectivity index (χ3n) is 2.68. The molecule has 106 valence electrons. The van der Waals surface area contributed by atoms with E-state index in [0.717, 1.165) is 18.7 Å². The van der Waals surface area contributed by atoms with Crippen LogP contribution >= 0.6 is 11.3 Å². The molecule has 0 bridgehead atoms. The van der Waals surface area contributed by atoms with Crippen LogP contribution in [0.5, 0.6) is 5.75 Å². The van der Waals surface area contributed by atoms with Crippen LogP contribution in [-0.4, -0.2) is 21.1 Å². The number of hydrogen-bond acceptors (Lipinski definition) is 3. The molecule has 0 unspecified atom stereocenters. The van der Waals surface area contributed by atoms with Gasteiger partial charge in [-0.1, -0.05) is 18.2 Å². The van der Waals surface area contributed by atoms with Crippen LogP contribution in [0.25, 0.3) is 0 Å². The zero-order valence-electron chi connectivity index (χ0n) is 12.3. The molecule has 0 amide bonds. The number of thiophene rings is 1. The molecule has 1 heterocycles. The van der Waals surface area contributed by atoms with Gasteiger partial charge in [0, 0.05) is 18.3 Å². The lowest BCUT2D eigenvalue weighted by Crippen LogP contribution is -2.29. The van der Waals surface area contributed by atoms with Gasteiger partial charge in [0.2, 0.25) is 8.32 Å². The minimum Gasteiger partial charge on any atom is -0.544 e. The van der Waals surface area contributed by atoms with Gasteiger partial charge in [0.15, 0.2) is 0 Å². The molecule has 2 nitrogen and oxygen atoms in total. The summed E-state index contributed by atoms with van der Waals surface area (Å²) in [5.74, 6) is 1.03. The molecule has 0 aliphatic carbocycles. The van der Waals surface area contributed by atoms with Crippen molar-refractivity contribution in [3.8, 4) is 5.75 Å². The molecule has 4 heteroatoms. The van der Waals surface area contributed by atoms with E-state index in [1.807, 2.05) is 12.3 Å². The zero-order valence-corrected chi connectivity index (χ0v) is 14.1. The average Bonchev–Trinajstić information content (AvgIpc) is 2.88. The summed E-state index contributed by atoms with van der Waals surface area (Å²) in [7, 11) is -1.56. The molecular weight excluding hydrogens is 282 g/mol.